The fraction of sp³-hybridized carbons (Fsp3) is 0.500. The standard InChI is InChI=1S/C8H9NO5/c1-2-4-7(14-8(11)12)9-5(10)3-6(9)13-4/h6H,2-3H2,1H3,(H,11,12)/t6-/m0/s1. The first kappa shape index (κ1) is 8.86. The molecule has 0 aromatic heterocycles. The van der Waals surface area contributed by atoms with E-state index in [1.54, 1.807) is 6.92 Å². The summed E-state index contributed by atoms with van der Waals surface area (Å²) in [5.74, 6) is 0.277. The minimum Gasteiger partial charge on any atom is -0.468 e. The van der Waals surface area contributed by atoms with Gasteiger partial charge < -0.3 is 14.6 Å². The van der Waals surface area contributed by atoms with E-state index in [0.717, 1.165) is 0 Å². The molecule has 1 fully saturated rings. The molecule has 0 unspecified atom stereocenters. The van der Waals surface area contributed by atoms with E-state index in [4.69, 9.17) is 9.84 Å². The Hall–Kier alpha value is -1.72. The number of ether oxygens (including phenoxy) is 2. The largest absolute Gasteiger partial charge is 0.512 e. The third-order valence-corrected chi connectivity index (χ3v) is 2.15. The SMILES string of the molecule is CCC1=C(OC(=O)O)N2C(=O)C[C@@H]2O1. The first-order valence-corrected chi connectivity index (χ1v) is 4.26. The van der Waals surface area contributed by atoms with Crippen molar-refractivity contribution >= 4 is 12.1 Å². The van der Waals surface area contributed by atoms with Gasteiger partial charge in [-0.05, 0) is 0 Å². The highest BCUT2D eigenvalue weighted by Gasteiger charge is 2.48. The van der Waals surface area contributed by atoms with Crippen LogP contribution < -0.4 is 0 Å². The van der Waals surface area contributed by atoms with Crippen LogP contribution in [0.5, 0.6) is 0 Å². The van der Waals surface area contributed by atoms with E-state index in [1.165, 1.54) is 4.90 Å². The first-order chi connectivity index (χ1) is 6.63. The zero-order valence-electron chi connectivity index (χ0n) is 7.52. The lowest BCUT2D eigenvalue weighted by molar-refractivity contribution is -0.157. The molecule has 2 aliphatic rings. The number of rotatable bonds is 2. The molecule has 2 rings (SSSR count). The van der Waals surface area contributed by atoms with Crippen molar-refractivity contribution in [3.8, 4) is 0 Å². The Morgan fingerprint density at radius 3 is 3.00 bits per heavy atom. The van der Waals surface area contributed by atoms with Crippen molar-refractivity contribution in [2.45, 2.75) is 26.0 Å². The van der Waals surface area contributed by atoms with Crippen LogP contribution in [0.1, 0.15) is 19.8 Å². The molecule has 0 saturated carbocycles. The molecule has 1 saturated heterocycles. The van der Waals surface area contributed by atoms with Crippen LogP contribution in [0.3, 0.4) is 0 Å². The molecular weight excluding hydrogens is 190 g/mol. The highest BCUT2D eigenvalue weighted by atomic mass is 16.7. The van der Waals surface area contributed by atoms with E-state index >= 15 is 0 Å². The van der Waals surface area contributed by atoms with Gasteiger partial charge in [-0.3, -0.25) is 4.79 Å². The highest BCUT2D eigenvalue weighted by molar-refractivity contribution is 5.85. The van der Waals surface area contributed by atoms with Crippen LogP contribution in [0.25, 0.3) is 0 Å². The molecule has 1 N–H and O–H groups in total. The molecule has 6 nitrogen and oxygen atoms in total. The van der Waals surface area contributed by atoms with Crippen molar-refractivity contribution in [1.29, 1.82) is 0 Å². The average Bonchev–Trinajstić information content (AvgIpc) is 2.35. The highest BCUT2D eigenvalue weighted by Crippen LogP contribution is 2.37. The molecular formula is C8H9NO5. The third kappa shape index (κ3) is 1.11. The second-order valence-electron chi connectivity index (χ2n) is 2.99. The van der Waals surface area contributed by atoms with Gasteiger partial charge in [0.25, 0.3) is 5.88 Å². The summed E-state index contributed by atoms with van der Waals surface area (Å²) >= 11 is 0. The van der Waals surface area contributed by atoms with Gasteiger partial charge in [0.1, 0.15) is 0 Å². The van der Waals surface area contributed by atoms with Crippen LogP contribution >= 0.6 is 0 Å². The summed E-state index contributed by atoms with van der Waals surface area (Å²) in [6.45, 7) is 1.80. The van der Waals surface area contributed by atoms with Gasteiger partial charge in [-0.1, -0.05) is 6.92 Å². The molecule has 1 atom stereocenters. The van der Waals surface area contributed by atoms with E-state index in [-0.39, 0.29) is 24.4 Å². The lowest BCUT2D eigenvalue weighted by Crippen LogP contribution is -2.49. The Morgan fingerprint density at radius 2 is 2.50 bits per heavy atom. The molecule has 6 heteroatoms. The van der Waals surface area contributed by atoms with Gasteiger partial charge in [-0.25, -0.2) is 9.69 Å². The second kappa shape index (κ2) is 2.90. The van der Waals surface area contributed by atoms with E-state index in [1.807, 2.05) is 0 Å². The van der Waals surface area contributed by atoms with Gasteiger partial charge in [0.05, 0.1) is 6.42 Å². The van der Waals surface area contributed by atoms with Crippen LogP contribution in [0.4, 0.5) is 4.79 Å². The van der Waals surface area contributed by atoms with E-state index in [9.17, 15) is 9.59 Å². The quantitative estimate of drug-likeness (QED) is 0.527. The topological polar surface area (TPSA) is 76.1 Å². The predicted octanol–water partition coefficient (Wildman–Crippen LogP) is 0.849. The maximum Gasteiger partial charge on any atom is 0.512 e. The molecule has 0 bridgehead atoms. The lowest BCUT2D eigenvalue weighted by atomic mass is 10.2. The minimum absolute atomic E-state index is 0.0289. The minimum atomic E-state index is -1.44. The summed E-state index contributed by atoms with van der Waals surface area (Å²) in [6.07, 6.45) is -1.000. The number of allylic oxidation sites excluding steroid dienone is 1. The maximum atomic E-state index is 11.1. The van der Waals surface area contributed by atoms with Crippen molar-refractivity contribution in [2.24, 2.45) is 0 Å². The maximum absolute atomic E-state index is 11.1. The van der Waals surface area contributed by atoms with Gasteiger partial charge in [0.15, 0.2) is 12.0 Å². The molecule has 0 spiro atoms. The summed E-state index contributed by atoms with van der Waals surface area (Å²) in [5.41, 5.74) is 0. The van der Waals surface area contributed by atoms with Crippen LogP contribution in [0, 0.1) is 0 Å². The van der Waals surface area contributed by atoms with Crippen LogP contribution in [-0.2, 0) is 14.3 Å². The number of hydrogen-bond acceptors (Lipinski definition) is 4. The molecule has 14 heavy (non-hydrogen) atoms. The normalized spacial score (nSPS) is 24.2. The second-order valence-corrected chi connectivity index (χ2v) is 2.99. The monoisotopic (exact) mass is 199 g/mol. The molecule has 2 aliphatic heterocycles. The van der Waals surface area contributed by atoms with Gasteiger partial charge in [-0.15, -0.1) is 0 Å². The summed E-state index contributed by atoms with van der Waals surface area (Å²) in [4.78, 5) is 22.7. The van der Waals surface area contributed by atoms with Crippen molar-refractivity contribution in [1.82, 2.24) is 4.90 Å². The zero-order chi connectivity index (χ0) is 10.3. The smallest absolute Gasteiger partial charge is 0.468 e. The Kier molecular flexibility index (Phi) is 1.83. The first-order valence-electron chi connectivity index (χ1n) is 4.26. The average molecular weight is 199 g/mol. The number of hydrogen-bond donors (Lipinski definition) is 1. The summed E-state index contributed by atoms with van der Waals surface area (Å²) in [5, 5.41) is 8.45. The van der Waals surface area contributed by atoms with Crippen LogP contribution in [0.15, 0.2) is 11.6 Å². The fourth-order valence-electron chi connectivity index (χ4n) is 1.50. The molecule has 0 aromatic carbocycles. The Labute approximate surface area is 79.7 Å². The number of carbonyl (C=O) groups excluding carboxylic acids is 1. The Bertz CT molecular complexity index is 335. The number of fused-ring (bicyclic) bond motifs is 1. The van der Waals surface area contributed by atoms with Gasteiger partial charge >= 0.3 is 6.16 Å². The zero-order valence-corrected chi connectivity index (χ0v) is 7.52. The van der Waals surface area contributed by atoms with Gasteiger partial charge in [-0.2, -0.15) is 0 Å². The molecule has 2 heterocycles. The fourth-order valence-corrected chi connectivity index (χ4v) is 1.50. The molecule has 1 amide bonds. The number of β-lactam (4-membered cyclic amide) rings is 1. The molecule has 0 aromatic rings. The van der Waals surface area contributed by atoms with Crippen molar-refractivity contribution in [2.75, 3.05) is 0 Å². The lowest BCUT2D eigenvalue weighted by Gasteiger charge is -2.32. The number of carboxylic acid groups (broad SMARTS) is 1. The van der Waals surface area contributed by atoms with E-state index in [2.05, 4.69) is 4.74 Å². The molecule has 0 aliphatic carbocycles. The number of amides is 1. The van der Waals surface area contributed by atoms with Crippen molar-refractivity contribution < 1.29 is 24.2 Å². The van der Waals surface area contributed by atoms with Crippen molar-refractivity contribution in [3.63, 3.8) is 0 Å². The molecule has 76 valence electrons. The molecule has 0 radical (unpaired) electrons. The van der Waals surface area contributed by atoms with Crippen LogP contribution in [0.2, 0.25) is 0 Å². The number of nitrogens with zero attached hydrogens (tertiary/aromatic N) is 1. The number of carbonyl (C=O) groups is 2. The summed E-state index contributed by atoms with van der Waals surface area (Å²) in [6, 6.07) is 0. The predicted molar refractivity (Wildman–Crippen MR) is 42.8 cm³/mol. The summed E-state index contributed by atoms with van der Waals surface area (Å²) in [7, 11) is 0. The van der Waals surface area contributed by atoms with Crippen molar-refractivity contribution in [3.05, 3.63) is 11.6 Å². The van der Waals surface area contributed by atoms with E-state index in [0.29, 0.717) is 12.2 Å². The van der Waals surface area contributed by atoms with Gasteiger partial charge in [0, 0.05) is 6.42 Å². The van der Waals surface area contributed by atoms with Gasteiger partial charge in [0.2, 0.25) is 5.91 Å². The Balaban J connectivity index is 2.22. The Morgan fingerprint density at radius 1 is 1.79 bits per heavy atom. The summed E-state index contributed by atoms with van der Waals surface area (Å²) < 4.78 is 9.79. The van der Waals surface area contributed by atoms with E-state index < -0.39 is 6.16 Å². The third-order valence-electron chi connectivity index (χ3n) is 2.15. The van der Waals surface area contributed by atoms with Crippen LogP contribution in [-0.4, -0.2) is 28.3 Å².